The number of aliphatic hydroxyl groups is 2. The van der Waals surface area contributed by atoms with Crippen molar-refractivity contribution in [2.45, 2.75) is 45.3 Å². The molecule has 0 amide bonds. The van der Waals surface area contributed by atoms with Crippen molar-refractivity contribution in [3.8, 4) is 0 Å². The lowest BCUT2D eigenvalue weighted by atomic mass is 9.95. The van der Waals surface area contributed by atoms with Crippen LogP contribution in [0.2, 0.25) is 0 Å². The van der Waals surface area contributed by atoms with Gasteiger partial charge in [0.05, 0.1) is 18.8 Å². The zero-order chi connectivity index (χ0) is 11.3. The van der Waals surface area contributed by atoms with Gasteiger partial charge in [-0.1, -0.05) is 13.0 Å². The van der Waals surface area contributed by atoms with E-state index in [4.69, 9.17) is 14.9 Å². The normalized spacial score (nSPS) is 32.3. The Bertz CT molecular complexity index is 213. The number of hydrogen-bond acceptors (Lipinski definition) is 3. The average Bonchev–Trinajstić information content (AvgIpc) is 2.57. The van der Waals surface area contributed by atoms with Gasteiger partial charge in [-0.05, 0) is 37.7 Å². The first kappa shape index (κ1) is 12.7. The Morgan fingerprint density at radius 1 is 1.47 bits per heavy atom. The van der Waals surface area contributed by atoms with Crippen LogP contribution in [0.5, 0.6) is 0 Å². The van der Waals surface area contributed by atoms with Crippen molar-refractivity contribution in [1.29, 1.82) is 0 Å². The molecule has 88 valence electrons. The summed E-state index contributed by atoms with van der Waals surface area (Å²) in [7, 11) is 0. The molecule has 3 nitrogen and oxygen atoms in total. The SMILES string of the molecule is C/C(=C\CO)[C@@H]1O[C@H](CCCO)C[C@H]1C. The van der Waals surface area contributed by atoms with Crippen molar-refractivity contribution >= 4 is 0 Å². The van der Waals surface area contributed by atoms with Crippen molar-refractivity contribution in [3.05, 3.63) is 11.6 Å². The van der Waals surface area contributed by atoms with Gasteiger partial charge in [-0.3, -0.25) is 0 Å². The molecule has 1 fully saturated rings. The molecule has 3 heteroatoms. The lowest BCUT2D eigenvalue weighted by Crippen LogP contribution is -2.16. The highest BCUT2D eigenvalue weighted by molar-refractivity contribution is 5.09. The number of ether oxygens (including phenoxy) is 1. The van der Waals surface area contributed by atoms with Crippen LogP contribution in [-0.2, 0) is 4.74 Å². The van der Waals surface area contributed by atoms with Gasteiger partial charge in [-0.15, -0.1) is 0 Å². The summed E-state index contributed by atoms with van der Waals surface area (Å²) in [6.45, 7) is 4.51. The number of hydrogen-bond donors (Lipinski definition) is 2. The summed E-state index contributed by atoms with van der Waals surface area (Å²) in [5, 5.41) is 17.6. The smallest absolute Gasteiger partial charge is 0.0813 e. The largest absolute Gasteiger partial charge is 0.396 e. The second-order valence-electron chi connectivity index (χ2n) is 4.39. The maximum atomic E-state index is 8.83. The summed E-state index contributed by atoms with van der Waals surface area (Å²) >= 11 is 0. The average molecular weight is 214 g/mol. The Labute approximate surface area is 91.8 Å². The van der Waals surface area contributed by atoms with Crippen molar-refractivity contribution in [2.24, 2.45) is 5.92 Å². The fraction of sp³-hybridized carbons (Fsp3) is 0.833. The standard InChI is InChI=1S/C12H22O3/c1-9(5-7-14)12-10(2)8-11(15-12)4-3-6-13/h5,10-14H,3-4,6-8H2,1-2H3/b9-5+/t10-,11-,12+/m1/s1. The molecule has 0 spiro atoms. The fourth-order valence-electron chi connectivity index (χ4n) is 2.26. The predicted molar refractivity (Wildman–Crippen MR) is 59.6 cm³/mol. The summed E-state index contributed by atoms with van der Waals surface area (Å²) in [6, 6.07) is 0. The maximum Gasteiger partial charge on any atom is 0.0813 e. The third-order valence-electron chi connectivity index (χ3n) is 3.04. The first-order chi connectivity index (χ1) is 7.19. The molecule has 1 aliphatic heterocycles. The van der Waals surface area contributed by atoms with Gasteiger partial charge >= 0.3 is 0 Å². The zero-order valence-corrected chi connectivity index (χ0v) is 9.65. The summed E-state index contributed by atoms with van der Waals surface area (Å²) in [4.78, 5) is 0. The fourth-order valence-corrected chi connectivity index (χ4v) is 2.26. The van der Waals surface area contributed by atoms with E-state index < -0.39 is 0 Å². The molecule has 1 aliphatic rings. The highest BCUT2D eigenvalue weighted by Gasteiger charge is 2.32. The molecule has 1 saturated heterocycles. The quantitative estimate of drug-likeness (QED) is 0.682. The molecule has 2 N–H and O–H groups in total. The molecule has 0 aromatic carbocycles. The van der Waals surface area contributed by atoms with Crippen LogP contribution in [0, 0.1) is 5.92 Å². The molecule has 15 heavy (non-hydrogen) atoms. The topological polar surface area (TPSA) is 49.7 Å². The molecule has 0 aromatic rings. The minimum Gasteiger partial charge on any atom is -0.396 e. The zero-order valence-electron chi connectivity index (χ0n) is 9.65. The molecule has 1 rings (SSSR count). The summed E-state index contributed by atoms with van der Waals surface area (Å²) in [6.07, 6.45) is 5.05. The first-order valence-corrected chi connectivity index (χ1v) is 5.72. The van der Waals surface area contributed by atoms with Gasteiger partial charge < -0.3 is 14.9 Å². The molecule has 0 unspecified atom stereocenters. The molecule has 0 saturated carbocycles. The van der Waals surface area contributed by atoms with Crippen molar-refractivity contribution in [3.63, 3.8) is 0 Å². The second kappa shape index (κ2) is 6.26. The Balaban J connectivity index is 2.45. The Morgan fingerprint density at radius 3 is 2.80 bits per heavy atom. The minimum absolute atomic E-state index is 0.0831. The molecule has 3 atom stereocenters. The maximum absolute atomic E-state index is 8.83. The van der Waals surface area contributed by atoms with Crippen LogP contribution in [0.15, 0.2) is 11.6 Å². The molecule has 1 heterocycles. The third-order valence-corrected chi connectivity index (χ3v) is 3.04. The Hall–Kier alpha value is -0.380. The van der Waals surface area contributed by atoms with Gasteiger partial charge in [0.25, 0.3) is 0 Å². The predicted octanol–water partition coefficient (Wildman–Crippen LogP) is 1.49. The molecule has 0 bridgehead atoms. The molecule has 0 radical (unpaired) electrons. The van der Waals surface area contributed by atoms with E-state index in [0.717, 1.165) is 24.8 Å². The highest BCUT2D eigenvalue weighted by atomic mass is 16.5. The van der Waals surface area contributed by atoms with Crippen LogP contribution in [0.25, 0.3) is 0 Å². The van der Waals surface area contributed by atoms with Crippen LogP contribution in [0.1, 0.15) is 33.1 Å². The minimum atomic E-state index is 0.0831. The Morgan fingerprint density at radius 2 is 2.20 bits per heavy atom. The van der Waals surface area contributed by atoms with Crippen LogP contribution in [0.4, 0.5) is 0 Å². The van der Waals surface area contributed by atoms with E-state index in [-0.39, 0.29) is 25.4 Å². The van der Waals surface area contributed by atoms with Crippen molar-refractivity contribution in [2.75, 3.05) is 13.2 Å². The van der Waals surface area contributed by atoms with Gasteiger partial charge in [0.2, 0.25) is 0 Å². The van der Waals surface area contributed by atoms with Gasteiger partial charge in [0, 0.05) is 6.61 Å². The third kappa shape index (κ3) is 3.59. The van der Waals surface area contributed by atoms with Crippen LogP contribution in [-0.4, -0.2) is 35.6 Å². The van der Waals surface area contributed by atoms with Gasteiger partial charge in [0.1, 0.15) is 0 Å². The van der Waals surface area contributed by atoms with Crippen LogP contribution >= 0.6 is 0 Å². The highest BCUT2D eigenvalue weighted by Crippen LogP contribution is 2.32. The summed E-state index contributed by atoms with van der Waals surface area (Å²) in [5.41, 5.74) is 1.12. The second-order valence-corrected chi connectivity index (χ2v) is 4.39. The lowest BCUT2D eigenvalue weighted by Gasteiger charge is -2.16. The number of aliphatic hydroxyl groups excluding tert-OH is 2. The van der Waals surface area contributed by atoms with Crippen molar-refractivity contribution in [1.82, 2.24) is 0 Å². The molecular weight excluding hydrogens is 192 g/mol. The van der Waals surface area contributed by atoms with Gasteiger partial charge in [-0.25, -0.2) is 0 Å². The molecule has 0 aliphatic carbocycles. The Kier molecular flexibility index (Phi) is 5.29. The van der Waals surface area contributed by atoms with Gasteiger partial charge in [-0.2, -0.15) is 0 Å². The van der Waals surface area contributed by atoms with Gasteiger partial charge in [0.15, 0.2) is 0 Å². The lowest BCUT2D eigenvalue weighted by molar-refractivity contribution is 0.0485. The van der Waals surface area contributed by atoms with E-state index in [1.165, 1.54) is 0 Å². The van der Waals surface area contributed by atoms with E-state index in [9.17, 15) is 0 Å². The van der Waals surface area contributed by atoms with Crippen molar-refractivity contribution < 1.29 is 14.9 Å². The van der Waals surface area contributed by atoms with Crippen LogP contribution in [0.3, 0.4) is 0 Å². The van der Waals surface area contributed by atoms with E-state index in [0.29, 0.717) is 5.92 Å². The summed E-state index contributed by atoms with van der Waals surface area (Å²) < 4.78 is 5.90. The van der Waals surface area contributed by atoms with Crippen LogP contribution < -0.4 is 0 Å². The molecular formula is C12H22O3. The monoisotopic (exact) mass is 214 g/mol. The first-order valence-electron chi connectivity index (χ1n) is 5.72. The van der Waals surface area contributed by atoms with E-state index in [1.54, 1.807) is 0 Å². The summed E-state index contributed by atoms with van der Waals surface area (Å²) in [5.74, 6) is 0.511. The van der Waals surface area contributed by atoms with E-state index in [2.05, 4.69) is 6.92 Å². The van der Waals surface area contributed by atoms with E-state index in [1.807, 2.05) is 13.0 Å². The number of rotatable bonds is 5. The van der Waals surface area contributed by atoms with E-state index >= 15 is 0 Å². The molecule has 0 aromatic heterocycles.